The molecule has 0 aromatic rings. The quantitative estimate of drug-likeness (QED) is 0.601. The molecule has 0 amide bonds. The van der Waals surface area contributed by atoms with Crippen molar-refractivity contribution in [3.63, 3.8) is 0 Å². The van der Waals surface area contributed by atoms with E-state index in [4.69, 9.17) is 4.74 Å². The first-order valence-electron chi connectivity index (χ1n) is 4.49. The molecule has 1 fully saturated rings. The smallest absolute Gasteiger partial charge is 0.126 e. The van der Waals surface area contributed by atoms with E-state index in [2.05, 4.69) is 5.32 Å². The Bertz CT molecular complexity index is 75.0. The van der Waals surface area contributed by atoms with Crippen molar-refractivity contribution in [2.24, 2.45) is 0 Å². The molecule has 0 spiro atoms. The first-order chi connectivity index (χ1) is 5.73. The fourth-order valence-electron chi connectivity index (χ4n) is 0.516. The van der Waals surface area contributed by atoms with Gasteiger partial charge in [-0.1, -0.05) is 13.8 Å². The van der Waals surface area contributed by atoms with Crippen LogP contribution >= 0.6 is 0 Å². The molecule has 12 heavy (non-hydrogen) atoms. The summed E-state index contributed by atoms with van der Waals surface area (Å²) in [4.78, 5) is 9.44. The van der Waals surface area contributed by atoms with Gasteiger partial charge in [-0.2, -0.15) is 0 Å². The standard InChI is InChI=1S/C4H9NO.C3H6O.C2H6/c1-3-6-4-2-5-1;1-3(2)4;1-2/h5H,1-4H2;1-2H3;1-2H3. The number of carbonyl (C=O) groups excluding carboxylic acids is 1. The van der Waals surface area contributed by atoms with Crippen LogP contribution in [0.1, 0.15) is 27.7 Å². The molecule has 0 saturated carbocycles. The summed E-state index contributed by atoms with van der Waals surface area (Å²) >= 11 is 0. The van der Waals surface area contributed by atoms with Gasteiger partial charge in [0.05, 0.1) is 13.2 Å². The molecule has 0 atom stereocenters. The third-order valence-electron chi connectivity index (χ3n) is 0.846. The first kappa shape index (κ1) is 14.1. The zero-order valence-corrected chi connectivity index (χ0v) is 8.64. The molecule has 74 valence electrons. The highest BCUT2D eigenvalue weighted by molar-refractivity contribution is 5.72. The molecule has 1 saturated heterocycles. The van der Waals surface area contributed by atoms with Gasteiger partial charge in [-0.15, -0.1) is 0 Å². The molecule has 0 aliphatic carbocycles. The van der Waals surface area contributed by atoms with Gasteiger partial charge in [-0.25, -0.2) is 0 Å². The van der Waals surface area contributed by atoms with E-state index in [9.17, 15) is 4.79 Å². The number of nitrogens with one attached hydrogen (secondary N) is 1. The van der Waals surface area contributed by atoms with Crippen molar-refractivity contribution in [1.82, 2.24) is 5.32 Å². The van der Waals surface area contributed by atoms with Crippen molar-refractivity contribution in [2.75, 3.05) is 26.3 Å². The highest BCUT2D eigenvalue weighted by atomic mass is 16.5. The van der Waals surface area contributed by atoms with Crippen molar-refractivity contribution in [1.29, 1.82) is 0 Å². The van der Waals surface area contributed by atoms with Crippen molar-refractivity contribution in [2.45, 2.75) is 27.7 Å². The zero-order valence-electron chi connectivity index (χ0n) is 8.64. The Hall–Kier alpha value is -0.410. The number of morpholine rings is 1. The molecule has 0 bridgehead atoms. The van der Waals surface area contributed by atoms with Crippen LogP contribution in [0.5, 0.6) is 0 Å². The molecular formula is C9H21NO2. The van der Waals surface area contributed by atoms with Crippen LogP contribution in [0.4, 0.5) is 0 Å². The van der Waals surface area contributed by atoms with Gasteiger partial charge in [0.1, 0.15) is 5.78 Å². The summed E-state index contributed by atoms with van der Waals surface area (Å²) in [5.41, 5.74) is 0. The van der Waals surface area contributed by atoms with Crippen LogP contribution in [0.3, 0.4) is 0 Å². The van der Waals surface area contributed by atoms with Crippen LogP contribution in [-0.2, 0) is 9.53 Å². The van der Waals surface area contributed by atoms with Crippen LogP contribution in [-0.4, -0.2) is 32.1 Å². The lowest BCUT2D eigenvalue weighted by atomic mass is 10.5. The van der Waals surface area contributed by atoms with Crippen LogP contribution in [0, 0.1) is 0 Å². The fraction of sp³-hybridized carbons (Fsp3) is 0.889. The average molecular weight is 175 g/mol. The molecule has 1 aliphatic rings. The molecule has 1 rings (SSSR count). The lowest BCUT2D eigenvalue weighted by molar-refractivity contribution is -0.114. The maximum absolute atomic E-state index is 9.44. The molecule has 1 aliphatic heterocycles. The van der Waals surface area contributed by atoms with Gasteiger partial charge in [0, 0.05) is 13.1 Å². The van der Waals surface area contributed by atoms with Gasteiger partial charge in [0.25, 0.3) is 0 Å². The molecule has 3 nitrogen and oxygen atoms in total. The molecular weight excluding hydrogens is 154 g/mol. The molecule has 0 aromatic heterocycles. The van der Waals surface area contributed by atoms with Gasteiger partial charge in [0.2, 0.25) is 0 Å². The Morgan fingerprint density at radius 2 is 1.50 bits per heavy atom. The van der Waals surface area contributed by atoms with E-state index in [1.165, 1.54) is 13.8 Å². The second kappa shape index (κ2) is 13.2. The Morgan fingerprint density at radius 3 is 1.58 bits per heavy atom. The van der Waals surface area contributed by atoms with Gasteiger partial charge in [-0.05, 0) is 13.8 Å². The van der Waals surface area contributed by atoms with Crippen molar-refractivity contribution in [3.8, 4) is 0 Å². The van der Waals surface area contributed by atoms with Crippen LogP contribution < -0.4 is 5.32 Å². The van der Waals surface area contributed by atoms with Crippen molar-refractivity contribution < 1.29 is 9.53 Å². The summed E-state index contributed by atoms with van der Waals surface area (Å²) in [6, 6.07) is 0. The number of ketones is 1. The fourth-order valence-corrected chi connectivity index (χ4v) is 0.516. The van der Waals surface area contributed by atoms with E-state index in [0.29, 0.717) is 0 Å². The van der Waals surface area contributed by atoms with Crippen molar-refractivity contribution >= 4 is 5.78 Å². The molecule has 1 heterocycles. The highest BCUT2D eigenvalue weighted by Crippen LogP contribution is 1.76. The Kier molecular flexibility index (Phi) is 15.5. The van der Waals surface area contributed by atoms with Crippen LogP contribution in [0.15, 0.2) is 0 Å². The number of hydrogen-bond acceptors (Lipinski definition) is 3. The molecule has 1 N–H and O–H groups in total. The number of ether oxygens (including phenoxy) is 1. The van der Waals surface area contributed by atoms with E-state index in [-0.39, 0.29) is 5.78 Å². The zero-order chi connectivity index (χ0) is 9.82. The minimum Gasteiger partial charge on any atom is -0.379 e. The monoisotopic (exact) mass is 175 g/mol. The minimum absolute atomic E-state index is 0.167. The maximum Gasteiger partial charge on any atom is 0.126 e. The largest absolute Gasteiger partial charge is 0.379 e. The maximum atomic E-state index is 9.44. The molecule has 0 aromatic carbocycles. The average Bonchev–Trinajstić information content (AvgIpc) is 2.10. The summed E-state index contributed by atoms with van der Waals surface area (Å²) in [6.45, 7) is 10.9. The minimum atomic E-state index is 0.167. The summed E-state index contributed by atoms with van der Waals surface area (Å²) in [5, 5.41) is 3.16. The van der Waals surface area contributed by atoms with E-state index >= 15 is 0 Å². The van der Waals surface area contributed by atoms with Gasteiger partial charge < -0.3 is 14.8 Å². The first-order valence-corrected chi connectivity index (χ1v) is 4.49. The topological polar surface area (TPSA) is 38.3 Å². The number of Topliss-reactive ketones (excluding diaryl/α,β-unsaturated/α-hetero) is 1. The Labute approximate surface area is 75.5 Å². The van der Waals surface area contributed by atoms with Crippen LogP contribution in [0.25, 0.3) is 0 Å². The summed E-state index contributed by atoms with van der Waals surface area (Å²) in [6.07, 6.45) is 0. The lowest BCUT2D eigenvalue weighted by Gasteiger charge is -2.10. The molecule has 0 radical (unpaired) electrons. The van der Waals surface area contributed by atoms with Crippen molar-refractivity contribution in [3.05, 3.63) is 0 Å². The second-order valence-corrected chi connectivity index (χ2v) is 2.27. The van der Waals surface area contributed by atoms with E-state index in [1.54, 1.807) is 0 Å². The summed E-state index contributed by atoms with van der Waals surface area (Å²) in [5.74, 6) is 0.167. The summed E-state index contributed by atoms with van der Waals surface area (Å²) < 4.78 is 5.01. The SMILES string of the molecule is C1COCCN1.CC.CC(C)=O. The second-order valence-electron chi connectivity index (χ2n) is 2.27. The molecule has 3 heteroatoms. The Morgan fingerprint density at radius 1 is 1.17 bits per heavy atom. The van der Waals surface area contributed by atoms with Gasteiger partial charge in [-0.3, -0.25) is 0 Å². The number of hydrogen-bond donors (Lipinski definition) is 1. The van der Waals surface area contributed by atoms with Crippen LogP contribution in [0.2, 0.25) is 0 Å². The Balaban J connectivity index is 0. The van der Waals surface area contributed by atoms with E-state index < -0.39 is 0 Å². The molecule has 0 unspecified atom stereocenters. The van der Waals surface area contributed by atoms with E-state index in [1.807, 2.05) is 13.8 Å². The highest BCUT2D eigenvalue weighted by Gasteiger charge is 1.92. The number of carbonyl (C=O) groups is 1. The third-order valence-corrected chi connectivity index (χ3v) is 0.846. The number of rotatable bonds is 0. The third kappa shape index (κ3) is 22.6. The lowest BCUT2D eigenvalue weighted by Crippen LogP contribution is -2.30. The normalized spacial score (nSPS) is 14.7. The predicted molar refractivity (Wildman–Crippen MR) is 51.4 cm³/mol. The predicted octanol–water partition coefficient (Wildman–Crippen LogP) is 1.23. The van der Waals surface area contributed by atoms with Gasteiger partial charge >= 0.3 is 0 Å². The summed E-state index contributed by atoms with van der Waals surface area (Å²) in [7, 11) is 0. The van der Waals surface area contributed by atoms with Gasteiger partial charge in [0.15, 0.2) is 0 Å². The van der Waals surface area contributed by atoms with E-state index in [0.717, 1.165) is 26.3 Å².